The molecule has 0 radical (unpaired) electrons. The van der Waals surface area contributed by atoms with Gasteiger partial charge in [-0.3, -0.25) is 14.3 Å². The van der Waals surface area contributed by atoms with E-state index in [2.05, 4.69) is 64.9 Å². The second kappa shape index (κ2) is 25.0. The summed E-state index contributed by atoms with van der Waals surface area (Å²) < 4.78 is 26.2. The normalized spacial score (nSPS) is 15.3. The number of unbranched alkanes of at least 4 members (excludes halogenated alkanes) is 5. The number of hydrogen-bond donors (Lipinski definition) is 3. The van der Waals surface area contributed by atoms with Crippen LogP contribution in [-0.4, -0.2) is 49.2 Å². The molecule has 8 nitrogen and oxygen atoms in total. The topological polar surface area (TPSA) is 120 Å². The van der Waals surface area contributed by atoms with Crippen molar-refractivity contribution in [2.24, 2.45) is 5.73 Å². The number of ether oxygens (including phenoxy) is 1. The molecule has 0 heterocycles. The highest BCUT2D eigenvalue weighted by Gasteiger charge is 2.23. The van der Waals surface area contributed by atoms with Gasteiger partial charge in [-0.25, -0.2) is 9.45 Å². The van der Waals surface area contributed by atoms with Crippen LogP contribution in [-0.2, 0) is 23.2 Å². The molecule has 0 aromatic carbocycles. The first kappa shape index (κ1) is 32.9. The molecule has 0 rings (SSSR count). The van der Waals surface area contributed by atoms with E-state index in [0.717, 1.165) is 38.5 Å². The van der Waals surface area contributed by atoms with E-state index < -0.39 is 13.9 Å². The summed E-state index contributed by atoms with van der Waals surface area (Å²) in [5, 5.41) is 8.84. The van der Waals surface area contributed by atoms with Gasteiger partial charge in [0.25, 0.3) is 0 Å². The molecule has 0 spiro atoms. The molecular formula is C25H46NO7P. The molecule has 0 aromatic rings. The Labute approximate surface area is 206 Å². The summed E-state index contributed by atoms with van der Waals surface area (Å²) in [7, 11) is -4.20. The van der Waals surface area contributed by atoms with E-state index in [1.807, 2.05) is 0 Å². The molecule has 1 unspecified atom stereocenters. The molecule has 198 valence electrons. The molecule has 9 heteroatoms. The van der Waals surface area contributed by atoms with Crippen LogP contribution in [0.25, 0.3) is 0 Å². The first-order valence-corrected chi connectivity index (χ1v) is 13.8. The van der Waals surface area contributed by atoms with Crippen LogP contribution < -0.4 is 5.73 Å². The average Bonchev–Trinajstić information content (AvgIpc) is 2.83. The van der Waals surface area contributed by atoms with Gasteiger partial charge in [-0.1, -0.05) is 68.4 Å². The van der Waals surface area contributed by atoms with E-state index in [0.29, 0.717) is 6.61 Å². The van der Waals surface area contributed by atoms with Crippen LogP contribution >= 0.6 is 7.82 Å². The molecule has 0 aromatic heterocycles. The Morgan fingerprint density at radius 2 is 1.35 bits per heavy atom. The summed E-state index contributed by atoms with van der Waals surface area (Å²) in [6, 6.07) is 0. The molecule has 0 saturated heterocycles. The fourth-order valence-corrected chi connectivity index (χ4v) is 3.50. The third kappa shape index (κ3) is 24.0. The quantitative estimate of drug-likeness (QED) is 0.0475. The van der Waals surface area contributed by atoms with Crippen molar-refractivity contribution in [1.29, 1.82) is 0 Å². The van der Waals surface area contributed by atoms with Gasteiger partial charge in [-0.2, -0.15) is 0 Å². The molecule has 0 amide bonds. The predicted octanol–water partition coefficient (Wildman–Crippen LogP) is 6.10. The zero-order valence-corrected chi connectivity index (χ0v) is 21.7. The third-order valence-electron chi connectivity index (χ3n) is 4.62. The average molecular weight is 504 g/mol. The van der Waals surface area contributed by atoms with Gasteiger partial charge < -0.3 is 15.4 Å². The molecule has 0 aliphatic rings. The summed E-state index contributed by atoms with van der Waals surface area (Å²) in [5.74, 6) is 0. The second-order valence-electron chi connectivity index (χ2n) is 7.77. The van der Waals surface area contributed by atoms with Gasteiger partial charge in [0.05, 0.1) is 19.8 Å². The summed E-state index contributed by atoms with van der Waals surface area (Å²) in [6.45, 7) is 2.42. The van der Waals surface area contributed by atoms with Gasteiger partial charge in [0.1, 0.15) is 6.10 Å². The van der Waals surface area contributed by atoms with Crippen LogP contribution in [0.5, 0.6) is 0 Å². The maximum atomic E-state index is 11.5. The smallest absolute Gasteiger partial charge is 0.379 e. The van der Waals surface area contributed by atoms with Gasteiger partial charge in [0, 0.05) is 13.2 Å². The lowest BCUT2D eigenvalue weighted by molar-refractivity contribution is -0.292. The SMILES string of the molecule is CCCCC/C=C\C/C=C\C/C=C\C/C=C\CCCCOC[C@H](COP(=O)(O)OCCN)OO. The number of hydrogen-bond acceptors (Lipinski definition) is 7. The zero-order chi connectivity index (χ0) is 25.2. The summed E-state index contributed by atoms with van der Waals surface area (Å²) in [6.07, 6.45) is 27.5. The highest BCUT2D eigenvalue weighted by Crippen LogP contribution is 2.42. The minimum atomic E-state index is -4.20. The van der Waals surface area contributed by atoms with Crippen molar-refractivity contribution < 1.29 is 33.4 Å². The predicted molar refractivity (Wildman–Crippen MR) is 138 cm³/mol. The van der Waals surface area contributed by atoms with E-state index in [-0.39, 0.29) is 26.4 Å². The lowest BCUT2D eigenvalue weighted by Crippen LogP contribution is -2.24. The number of rotatable bonds is 24. The first-order chi connectivity index (χ1) is 16.6. The summed E-state index contributed by atoms with van der Waals surface area (Å²) in [5.41, 5.74) is 5.20. The van der Waals surface area contributed by atoms with Crippen molar-refractivity contribution in [3.05, 3.63) is 48.6 Å². The summed E-state index contributed by atoms with van der Waals surface area (Å²) in [4.78, 5) is 13.6. The number of phosphoric acid groups is 1. The van der Waals surface area contributed by atoms with Crippen molar-refractivity contribution in [2.75, 3.05) is 33.0 Å². The Morgan fingerprint density at radius 3 is 1.88 bits per heavy atom. The number of allylic oxidation sites excluding steroid dienone is 8. The maximum Gasteiger partial charge on any atom is 0.472 e. The lowest BCUT2D eigenvalue weighted by atomic mass is 10.2. The largest absolute Gasteiger partial charge is 0.472 e. The van der Waals surface area contributed by atoms with E-state index in [1.165, 1.54) is 25.7 Å². The van der Waals surface area contributed by atoms with Crippen LogP contribution in [0, 0.1) is 0 Å². The molecule has 0 fully saturated rings. The monoisotopic (exact) mass is 503 g/mol. The Bertz CT molecular complexity index is 608. The highest BCUT2D eigenvalue weighted by molar-refractivity contribution is 7.47. The zero-order valence-electron chi connectivity index (χ0n) is 20.8. The van der Waals surface area contributed by atoms with Crippen LogP contribution in [0.15, 0.2) is 48.6 Å². The molecule has 0 aliphatic carbocycles. The maximum absolute atomic E-state index is 11.5. The number of nitrogens with two attached hydrogens (primary N) is 1. The highest BCUT2D eigenvalue weighted by atomic mass is 31.2. The van der Waals surface area contributed by atoms with Gasteiger partial charge in [0.15, 0.2) is 0 Å². The van der Waals surface area contributed by atoms with Gasteiger partial charge >= 0.3 is 7.82 Å². The van der Waals surface area contributed by atoms with E-state index in [4.69, 9.17) is 20.3 Å². The van der Waals surface area contributed by atoms with Crippen LogP contribution in [0.1, 0.15) is 71.1 Å². The van der Waals surface area contributed by atoms with Crippen molar-refractivity contribution >= 4 is 7.82 Å². The van der Waals surface area contributed by atoms with Crippen LogP contribution in [0.4, 0.5) is 0 Å². The van der Waals surface area contributed by atoms with Crippen molar-refractivity contribution in [1.82, 2.24) is 0 Å². The van der Waals surface area contributed by atoms with Gasteiger partial charge in [0.2, 0.25) is 0 Å². The Balaban J connectivity index is 3.62. The lowest BCUT2D eigenvalue weighted by Gasteiger charge is -2.16. The standard InChI is InChI=1S/C25H46NO7P/c1-2-3-4-5-6-7-8-9-10-11-12-13-14-15-16-17-18-19-21-30-23-25(33-27)24-32-34(28,29)31-22-20-26/h6-7,9-10,12-13,15-16,25,27H,2-5,8,11,14,17-24,26H2,1H3,(H,28,29)/b7-6-,10-9-,13-12-,16-15-/t25-/m1/s1. The van der Waals surface area contributed by atoms with Crippen molar-refractivity contribution in [3.8, 4) is 0 Å². The van der Waals surface area contributed by atoms with Gasteiger partial charge in [-0.05, 0) is 51.4 Å². The molecule has 0 bridgehead atoms. The van der Waals surface area contributed by atoms with Gasteiger partial charge in [-0.15, -0.1) is 0 Å². The first-order valence-electron chi connectivity index (χ1n) is 12.4. The molecule has 34 heavy (non-hydrogen) atoms. The summed E-state index contributed by atoms with van der Waals surface area (Å²) >= 11 is 0. The second-order valence-corrected chi connectivity index (χ2v) is 9.23. The van der Waals surface area contributed by atoms with Crippen LogP contribution in [0.3, 0.4) is 0 Å². The molecule has 2 atom stereocenters. The Kier molecular flexibility index (Phi) is 24.2. The van der Waals surface area contributed by atoms with Crippen molar-refractivity contribution in [3.63, 3.8) is 0 Å². The van der Waals surface area contributed by atoms with Crippen molar-refractivity contribution in [2.45, 2.75) is 77.2 Å². The Morgan fingerprint density at radius 1 is 0.794 bits per heavy atom. The molecule has 0 saturated carbocycles. The van der Waals surface area contributed by atoms with E-state index >= 15 is 0 Å². The fourth-order valence-electron chi connectivity index (χ4n) is 2.73. The van der Waals surface area contributed by atoms with Crippen LogP contribution in [0.2, 0.25) is 0 Å². The molecule has 4 N–H and O–H groups in total. The van der Waals surface area contributed by atoms with E-state index in [1.54, 1.807) is 0 Å². The molecule has 0 aliphatic heterocycles. The minimum absolute atomic E-state index is 0.0394. The third-order valence-corrected chi connectivity index (χ3v) is 5.60. The fraction of sp³-hybridized carbons (Fsp3) is 0.680. The molecular weight excluding hydrogens is 457 g/mol. The minimum Gasteiger partial charge on any atom is -0.379 e. The van der Waals surface area contributed by atoms with E-state index in [9.17, 15) is 9.46 Å². The Hall–Kier alpha value is -1.09. The number of phosphoric ester groups is 1.